The molecule has 2 rings (SSSR count). The van der Waals surface area contributed by atoms with Crippen molar-refractivity contribution in [1.82, 2.24) is 14.5 Å². The van der Waals surface area contributed by atoms with Gasteiger partial charge in [0, 0.05) is 11.9 Å². The molecular weight excluding hydrogens is 391 g/mol. The number of hydrogen-bond donors (Lipinski definition) is 3. The van der Waals surface area contributed by atoms with Crippen LogP contribution in [-0.4, -0.2) is 27.3 Å². The van der Waals surface area contributed by atoms with Crippen LogP contribution in [0.15, 0.2) is 35.0 Å². The molecule has 0 aliphatic carbocycles. The van der Waals surface area contributed by atoms with E-state index in [0.717, 1.165) is 5.57 Å². The number of nitrogens with zero attached hydrogens (tertiary/aromatic N) is 3. The Labute approximate surface area is 167 Å². The van der Waals surface area contributed by atoms with Crippen molar-refractivity contribution in [2.24, 2.45) is 12.8 Å². The summed E-state index contributed by atoms with van der Waals surface area (Å²) < 4.78 is 44.7. The smallest absolute Gasteiger partial charge is 0.430 e. The fraction of sp³-hybridized carbons (Fsp3) is 0.333. The summed E-state index contributed by atoms with van der Waals surface area (Å²) in [6.45, 7) is 9.88. The number of ether oxygens (including phenoxy) is 1. The number of aromatic nitrogens is 3. The van der Waals surface area contributed by atoms with Crippen LogP contribution in [0.1, 0.15) is 26.5 Å². The molecular formula is C18H24F3N5OS. The number of nitrogens with two attached hydrogens (primary N) is 2. The Morgan fingerprint density at radius 3 is 2.50 bits per heavy atom. The highest BCUT2D eigenvalue weighted by molar-refractivity contribution is 7.80. The van der Waals surface area contributed by atoms with Gasteiger partial charge in [-0.1, -0.05) is 20.4 Å². The van der Waals surface area contributed by atoms with E-state index < -0.39 is 11.9 Å². The molecule has 2 heterocycles. The molecule has 2 aromatic heterocycles. The maximum absolute atomic E-state index is 12.6. The van der Waals surface area contributed by atoms with Crippen LogP contribution in [-0.2, 0) is 7.05 Å². The Kier molecular flexibility index (Phi) is 7.98. The molecule has 6 nitrogen and oxygen atoms in total. The number of hydrogen-bond acceptors (Lipinski definition) is 6. The second-order valence-electron chi connectivity index (χ2n) is 5.65. The van der Waals surface area contributed by atoms with Crippen LogP contribution in [0.3, 0.4) is 0 Å². The normalized spacial score (nSPS) is 11.6. The van der Waals surface area contributed by atoms with Gasteiger partial charge in [-0.2, -0.15) is 13.2 Å². The van der Waals surface area contributed by atoms with E-state index in [1.54, 1.807) is 13.1 Å². The fourth-order valence-electron chi connectivity index (χ4n) is 1.97. The molecule has 0 unspecified atom stereocenters. The standard InChI is InChI=1S/C16H18F3N5OS.C2H6/c1-8(2)7-25-9-4-11(26)13(22-6-9)15-23-10(14(21)24(15)3)5-12(20)16(17,18)19;1-2/h4-6,26H,1,7,20-21H2,2-3H3;1-2H3/b12-5-;. The van der Waals surface area contributed by atoms with E-state index in [1.165, 1.54) is 10.8 Å². The third-order valence-electron chi connectivity index (χ3n) is 3.33. The average Bonchev–Trinajstić information content (AvgIpc) is 2.89. The van der Waals surface area contributed by atoms with Gasteiger partial charge in [0.05, 0.1) is 6.20 Å². The summed E-state index contributed by atoms with van der Waals surface area (Å²) in [5, 5.41) is 0. The third-order valence-corrected chi connectivity index (χ3v) is 3.67. The van der Waals surface area contributed by atoms with Gasteiger partial charge in [0.15, 0.2) is 5.82 Å². The highest BCUT2D eigenvalue weighted by Gasteiger charge is 2.32. The Hall–Kier alpha value is -2.62. The molecule has 0 saturated heterocycles. The third kappa shape index (κ3) is 5.69. The summed E-state index contributed by atoms with van der Waals surface area (Å²) in [4.78, 5) is 8.77. The van der Waals surface area contributed by atoms with Crippen molar-refractivity contribution >= 4 is 24.5 Å². The molecule has 2 aromatic rings. The van der Waals surface area contributed by atoms with E-state index in [2.05, 4.69) is 29.2 Å². The van der Waals surface area contributed by atoms with E-state index in [1.807, 2.05) is 20.8 Å². The number of allylic oxidation sites excluding steroid dienone is 1. The molecule has 154 valence electrons. The molecule has 0 atom stereocenters. The zero-order valence-electron chi connectivity index (χ0n) is 16.1. The molecule has 0 bridgehead atoms. The Morgan fingerprint density at radius 1 is 1.39 bits per heavy atom. The monoisotopic (exact) mass is 415 g/mol. The second kappa shape index (κ2) is 9.54. The van der Waals surface area contributed by atoms with Gasteiger partial charge < -0.3 is 20.8 Å². The average molecular weight is 415 g/mol. The first-order valence-corrected chi connectivity index (χ1v) is 8.78. The minimum absolute atomic E-state index is 0.0179. The Bertz CT molecular complexity index is 875. The van der Waals surface area contributed by atoms with Crippen molar-refractivity contribution in [1.29, 1.82) is 0 Å². The fourth-order valence-corrected chi connectivity index (χ4v) is 2.26. The van der Waals surface area contributed by atoms with Gasteiger partial charge in [-0.3, -0.25) is 0 Å². The summed E-state index contributed by atoms with van der Waals surface area (Å²) in [6.07, 6.45) is -2.52. The van der Waals surface area contributed by atoms with Crippen LogP contribution >= 0.6 is 12.6 Å². The SMILES string of the molecule is C=C(C)COc1cnc(-c2nc(/C=C(\N)C(F)(F)F)c(N)n2C)c(S)c1.CC. The number of nitrogen functional groups attached to an aromatic ring is 1. The quantitative estimate of drug-likeness (QED) is 0.503. The molecule has 0 radical (unpaired) electrons. The molecule has 0 amide bonds. The predicted octanol–water partition coefficient (Wildman–Crippen LogP) is 4.20. The largest absolute Gasteiger partial charge is 0.488 e. The second-order valence-corrected chi connectivity index (χ2v) is 6.13. The van der Waals surface area contributed by atoms with Crippen molar-refractivity contribution in [2.75, 3.05) is 12.3 Å². The number of rotatable bonds is 5. The Balaban J connectivity index is 0.00000190. The van der Waals surface area contributed by atoms with Crippen molar-refractivity contribution in [3.8, 4) is 17.3 Å². The van der Waals surface area contributed by atoms with E-state index in [0.29, 0.717) is 29.0 Å². The number of thiol groups is 1. The van der Waals surface area contributed by atoms with Crippen LogP contribution in [0.5, 0.6) is 5.75 Å². The minimum Gasteiger partial charge on any atom is -0.488 e. The number of imidazole rings is 1. The first kappa shape index (κ1) is 23.4. The highest BCUT2D eigenvalue weighted by Crippen LogP contribution is 2.31. The van der Waals surface area contributed by atoms with Gasteiger partial charge in [-0.15, -0.1) is 12.6 Å². The summed E-state index contributed by atoms with van der Waals surface area (Å²) in [5.74, 6) is 0.745. The van der Waals surface area contributed by atoms with Gasteiger partial charge in [0.25, 0.3) is 0 Å². The lowest BCUT2D eigenvalue weighted by molar-refractivity contribution is -0.0916. The van der Waals surface area contributed by atoms with E-state index in [4.69, 9.17) is 16.2 Å². The maximum atomic E-state index is 12.6. The number of halogens is 3. The topological polar surface area (TPSA) is 92.0 Å². The number of pyridine rings is 1. The zero-order chi connectivity index (χ0) is 21.6. The van der Waals surface area contributed by atoms with Gasteiger partial charge in [0.2, 0.25) is 0 Å². The molecule has 0 aliphatic rings. The van der Waals surface area contributed by atoms with E-state index in [-0.39, 0.29) is 17.3 Å². The van der Waals surface area contributed by atoms with Crippen LogP contribution in [0, 0.1) is 0 Å². The molecule has 0 fully saturated rings. The lowest BCUT2D eigenvalue weighted by Gasteiger charge is -2.09. The summed E-state index contributed by atoms with van der Waals surface area (Å²) >= 11 is 4.35. The van der Waals surface area contributed by atoms with Gasteiger partial charge >= 0.3 is 6.18 Å². The molecule has 28 heavy (non-hydrogen) atoms. The predicted molar refractivity (Wildman–Crippen MR) is 108 cm³/mol. The van der Waals surface area contributed by atoms with E-state index >= 15 is 0 Å². The first-order chi connectivity index (χ1) is 13.0. The van der Waals surface area contributed by atoms with Crippen LogP contribution in [0.4, 0.5) is 19.0 Å². The first-order valence-electron chi connectivity index (χ1n) is 8.33. The molecule has 0 spiro atoms. The minimum atomic E-state index is -4.67. The molecule has 0 aliphatic heterocycles. The molecule has 4 N–H and O–H groups in total. The Morgan fingerprint density at radius 2 is 2.00 bits per heavy atom. The van der Waals surface area contributed by atoms with Crippen molar-refractivity contribution in [3.05, 3.63) is 35.8 Å². The van der Waals surface area contributed by atoms with Crippen molar-refractivity contribution in [2.45, 2.75) is 31.8 Å². The van der Waals surface area contributed by atoms with Crippen LogP contribution in [0.25, 0.3) is 17.6 Å². The number of anilines is 1. The molecule has 0 saturated carbocycles. The van der Waals surface area contributed by atoms with Crippen LogP contribution < -0.4 is 16.2 Å². The van der Waals surface area contributed by atoms with Gasteiger partial charge in [0.1, 0.15) is 35.3 Å². The molecule has 10 heteroatoms. The van der Waals surface area contributed by atoms with Crippen LogP contribution in [0.2, 0.25) is 0 Å². The maximum Gasteiger partial charge on any atom is 0.430 e. The summed E-state index contributed by atoms with van der Waals surface area (Å²) in [7, 11) is 1.55. The van der Waals surface area contributed by atoms with Crippen molar-refractivity contribution < 1.29 is 17.9 Å². The zero-order valence-corrected chi connectivity index (χ0v) is 17.0. The lowest BCUT2D eigenvalue weighted by atomic mass is 10.3. The van der Waals surface area contributed by atoms with Crippen molar-refractivity contribution in [3.63, 3.8) is 0 Å². The number of alkyl halides is 3. The van der Waals surface area contributed by atoms with E-state index in [9.17, 15) is 13.2 Å². The highest BCUT2D eigenvalue weighted by atomic mass is 32.1. The summed E-state index contributed by atoms with van der Waals surface area (Å²) in [6, 6.07) is 1.62. The lowest BCUT2D eigenvalue weighted by Crippen LogP contribution is -2.19. The van der Waals surface area contributed by atoms with Gasteiger partial charge in [-0.05, 0) is 24.6 Å². The summed E-state index contributed by atoms with van der Waals surface area (Å²) in [5.41, 5.74) is 10.7. The van der Waals surface area contributed by atoms with Gasteiger partial charge in [-0.25, -0.2) is 9.97 Å². The molecule has 0 aromatic carbocycles.